The zero-order valence-electron chi connectivity index (χ0n) is 17.3. The van der Waals surface area contributed by atoms with Crippen LogP contribution in [0.3, 0.4) is 0 Å². The van der Waals surface area contributed by atoms with Gasteiger partial charge in [0.1, 0.15) is 5.69 Å². The maximum Gasteiger partial charge on any atom is 0.167 e. The lowest BCUT2D eigenvalue weighted by Crippen LogP contribution is -2.51. The summed E-state index contributed by atoms with van der Waals surface area (Å²) in [5.74, 6) is 0.759. The highest BCUT2D eigenvalue weighted by molar-refractivity contribution is 5.82. The number of rotatable bonds is 3. The molecule has 30 heavy (non-hydrogen) atoms. The van der Waals surface area contributed by atoms with E-state index >= 15 is 0 Å². The molecule has 1 aromatic carbocycles. The molecule has 2 atom stereocenters. The van der Waals surface area contributed by atoms with Crippen LogP contribution in [0.25, 0.3) is 22.2 Å². The highest BCUT2D eigenvalue weighted by Gasteiger charge is 2.47. The number of nitrogens with two attached hydrogens (primary N) is 1. The second-order valence-corrected chi connectivity index (χ2v) is 8.56. The molecule has 3 N–H and O–H groups in total. The van der Waals surface area contributed by atoms with E-state index in [0.717, 1.165) is 60.7 Å². The summed E-state index contributed by atoms with van der Waals surface area (Å²) in [4.78, 5) is 11.9. The molecule has 0 saturated carbocycles. The van der Waals surface area contributed by atoms with Gasteiger partial charge in [0, 0.05) is 35.5 Å². The van der Waals surface area contributed by atoms with Gasteiger partial charge in [-0.1, -0.05) is 11.2 Å². The summed E-state index contributed by atoms with van der Waals surface area (Å²) >= 11 is 0. The summed E-state index contributed by atoms with van der Waals surface area (Å²) in [6, 6.07) is 5.91. The first-order chi connectivity index (χ1) is 14.5. The second kappa shape index (κ2) is 7.30. The Morgan fingerprint density at radius 3 is 2.77 bits per heavy atom. The number of aromatic nitrogens is 3. The fraction of sp³-hybridized carbons (Fsp3) is 0.500. The minimum Gasteiger partial charge on any atom is -0.390 e. The van der Waals surface area contributed by atoms with E-state index in [4.69, 9.17) is 25.0 Å². The van der Waals surface area contributed by atoms with E-state index in [1.165, 1.54) is 0 Å². The summed E-state index contributed by atoms with van der Waals surface area (Å²) in [5, 5.41) is 14.8. The van der Waals surface area contributed by atoms with Crippen molar-refractivity contribution in [1.82, 2.24) is 15.1 Å². The van der Waals surface area contributed by atoms with E-state index in [2.05, 4.69) is 17.0 Å². The molecule has 8 nitrogen and oxygen atoms in total. The molecule has 2 saturated heterocycles. The zero-order chi connectivity index (χ0) is 20.9. The van der Waals surface area contributed by atoms with Crippen molar-refractivity contribution < 1.29 is 14.4 Å². The molecule has 0 bridgehead atoms. The third kappa shape index (κ3) is 3.07. The quantitative estimate of drug-likeness (QED) is 0.679. The third-order valence-electron chi connectivity index (χ3n) is 6.81. The minimum atomic E-state index is -0.165. The first-order valence-corrected chi connectivity index (χ1v) is 10.5. The number of aliphatic hydroxyl groups excluding tert-OH is 1. The number of benzene rings is 1. The fourth-order valence-electron chi connectivity index (χ4n) is 4.82. The summed E-state index contributed by atoms with van der Waals surface area (Å²) in [5.41, 5.74) is 10.2. The number of aryl methyl sites for hydroxylation is 1. The Kier molecular flexibility index (Phi) is 4.72. The Balaban J connectivity index is 1.43. The van der Waals surface area contributed by atoms with Crippen molar-refractivity contribution >= 4 is 16.8 Å². The van der Waals surface area contributed by atoms with Crippen LogP contribution in [0.5, 0.6) is 0 Å². The van der Waals surface area contributed by atoms with Crippen molar-refractivity contribution in [3.05, 3.63) is 35.8 Å². The van der Waals surface area contributed by atoms with Crippen LogP contribution in [-0.2, 0) is 11.3 Å². The number of fused-ring (bicyclic) bond motifs is 1. The SMILES string of the molecule is Cc1nc(N2CCC3(CC2)CO[C@@H](C)[C@H]3N)c(CO)nc1-c1ccc2cnoc2c1. The number of hydrogen-bond acceptors (Lipinski definition) is 8. The van der Waals surface area contributed by atoms with E-state index in [0.29, 0.717) is 11.3 Å². The van der Waals surface area contributed by atoms with Gasteiger partial charge >= 0.3 is 0 Å². The maximum atomic E-state index is 10.0. The molecule has 0 radical (unpaired) electrons. The number of nitrogens with zero attached hydrogens (tertiary/aromatic N) is 4. The summed E-state index contributed by atoms with van der Waals surface area (Å²) in [7, 11) is 0. The maximum absolute atomic E-state index is 10.0. The van der Waals surface area contributed by atoms with Crippen LogP contribution in [0.1, 0.15) is 31.2 Å². The molecule has 0 aliphatic carbocycles. The van der Waals surface area contributed by atoms with Crippen LogP contribution in [-0.4, -0.2) is 52.1 Å². The molecular weight excluding hydrogens is 382 g/mol. The Bertz CT molecular complexity index is 1070. The first kappa shape index (κ1) is 19.4. The highest BCUT2D eigenvalue weighted by Crippen LogP contribution is 2.42. The van der Waals surface area contributed by atoms with E-state index in [-0.39, 0.29) is 24.2 Å². The van der Waals surface area contributed by atoms with Crippen LogP contribution >= 0.6 is 0 Å². The number of anilines is 1. The molecule has 2 aliphatic heterocycles. The predicted octanol–water partition coefficient (Wildman–Crippen LogP) is 2.42. The van der Waals surface area contributed by atoms with Gasteiger partial charge in [-0.2, -0.15) is 0 Å². The lowest BCUT2D eigenvalue weighted by atomic mass is 9.73. The summed E-state index contributed by atoms with van der Waals surface area (Å²) in [6.07, 6.45) is 3.69. The molecule has 4 heterocycles. The van der Waals surface area contributed by atoms with Crippen LogP contribution in [0.15, 0.2) is 28.9 Å². The van der Waals surface area contributed by atoms with Crippen LogP contribution in [0, 0.1) is 12.3 Å². The number of piperidine rings is 1. The van der Waals surface area contributed by atoms with Crippen molar-refractivity contribution in [2.75, 3.05) is 24.6 Å². The molecule has 8 heteroatoms. The standard InChI is InChI=1S/C22H27N5O3/c1-13-19(15-3-4-16-10-24-30-18(16)9-15)26-17(11-28)21(25-13)27-7-5-22(6-8-27)12-29-14(2)20(22)23/h3-4,9-10,14,20,28H,5-8,11-12,23H2,1-2H3/t14-,20+/m0/s1. The van der Waals surface area contributed by atoms with Crippen molar-refractivity contribution in [3.63, 3.8) is 0 Å². The van der Waals surface area contributed by atoms with Crippen molar-refractivity contribution in [3.8, 4) is 11.3 Å². The molecule has 2 aliphatic rings. The molecule has 5 rings (SSSR count). The fourth-order valence-corrected chi connectivity index (χ4v) is 4.82. The summed E-state index contributed by atoms with van der Waals surface area (Å²) in [6.45, 7) is 6.22. The second-order valence-electron chi connectivity index (χ2n) is 8.56. The van der Waals surface area contributed by atoms with Crippen LogP contribution in [0.4, 0.5) is 5.82 Å². The largest absolute Gasteiger partial charge is 0.390 e. The van der Waals surface area contributed by atoms with E-state index < -0.39 is 0 Å². The molecular formula is C22H27N5O3. The van der Waals surface area contributed by atoms with Gasteiger partial charge in [-0.15, -0.1) is 0 Å². The zero-order valence-corrected chi connectivity index (χ0v) is 17.3. The predicted molar refractivity (Wildman–Crippen MR) is 113 cm³/mol. The number of ether oxygens (including phenoxy) is 1. The van der Waals surface area contributed by atoms with Crippen molar-refractivity contribution in [2.45, 2.75) is 45.4 Å². The van der Waals surface area contributed by atoms with E-state index in [1.54, 1.807) is 6.20 Å². The van der Waals surface area contributed by atoms with E-state index in [9.17, 15) is 5.11 Å². The topological polar surface area (TPSA) is 111 Å². The lowest BCUT2D eigenvalue weighted by Gasteiger charge is -2.42. The Labute approximate surface area is 175 Å². The third-order valence-corrected chi connectivity index (χ3v) is 6.81. The van der Waals surface area contributed by atoms with Crippen molar-refractivity contribution in [1.29, 1.82) is 0 Å². The van der Waals surface area contributed by atoms with Gasteiger partial charge in [0.2, 0.25) is 0 Å². The minimum absolute atomic E-state index is 0.0458. The monoisotopic (exact) mass is 409 g/mol. The highest BCUT2D eigenvalue weighted by atomic mass is 16.5. The molecule has 1 spiro atoms. The van der Waals surface area contributed by atoms with Gasteiger partial charge in [-0.25, -0.2) is 9.97 Å². The van der Waals surface area contributed by atoms with Crippen LogP contribution in [0.2, 0.25) is 0 Å². The molecule has 2 aromatic heterocycles. The van der Waals surface area contributed by atoms with Gasteiger partial charge in [0.25, 0.3) is 0 Å². The molecule has 2 fully saturated rings. The molecule has 158 valence electrons. The van der Waals surface area contributed by atoms with Crippen LogP contribution < -0.4 is 10.6 Å². The Hall–Kier alpha value is -2.55. The van der Waals surface area contributed by atoms with Gasteiger partial charge in [-0.3, -0.25) is 0 Å². The Morgan fingerprint density at radius 2 is 2.07 bits per heavy atom. The van der Waals surface area contributed by atoms with Gasteiger partial charge in [-0.05, 0) is 38.8 Å². The normalized spacial score (nSPS) is 23.5. The van der Waals surface area contributed by atoms with Gasteiger partial charge < -0.3 is 25.0 Å². The van der Waals surface area contributed by atoms with E-state index in [1.807, 2.05) is 25.1 Å². The average molecular weight is 409 g/mol. The van der Waals surface area contributed by atoms with Crippen molar-refractivity contribution in [2.24, 2.45) is 11.1 Å². The Morgan fingerprint density at radius 1 is 1.27 bits per heavy atom. The van der Waals surface area contributed by atoms with Gasteiger partial charge in [0.05, 0.1) is 36.9 Å². The smallest absolute Gasteiger partial charge is 0.167 e. The summed E-state index contributed by atoms with van der Waals surface area (Å²) < 4.78 is 11.1. The average Bonchev–Trinajstić information content (AvgIpc) is 3.34. The lowest BCUT2D eigenvalue weighted by molar-refractivity contribution is 0.0973. The molecule has 3 aromatic rings. The number of hydrogen-bond donors (Lipinski definition) is 2. The molecule has 0 unspecified atom stereocenters. The van der Waals surface area contributed by atoms with Gasteiger partial charge in [0.15, 0.2) is 11.4 Å². The molecule has 0 amide bonds. The number of aliphatic hydroxyl groups is 1. The first-order valence-electron chi connectivity index (χ1n) is 10.5.